The maximum Gasteiger partial charge on any atom is 0.410 e. The zero-order valence-corrected chi connectivity index (χ0v) is 11.8. The van der Waals surface area contributed by atoms with Gasteiger partial charge in [0.25, 0.3) is 0 Å². The summed E-state index contributed by atoms with van der Waals surface area (Å²) in [5, 5.41) is 0. The molecule has 1 heterocycles. The highest BCUT2D eigenvalue weighted by molar-refractivity contribution is 5.73. The molecule has 0 saturated carbocycles. The van der Waals surface area contributed by atoms with Gasteiger partial charge in [0.1, 0.15) is 11.9 Å². The van der Waals surface area contributed by atoms with Crippen LogP contribution in [-0.4, -0.2) is 35.5 Å². The van der Waals surface area contributed by atoms with Crippen LogP contribution in [0.15, 0.2) is 0 Å². The van der Waals surface area contributed by atoms with Crippen LogP contribution in [0.25, 0.3) is 0 Å². The second kappa shape index (κ2) is 6.76. The molecule has 0 bridgehead atoms. The van der Waals surface area contributed by atoms with E-state index in [9.17, 15) is 9.59 Å². The zero-order chi connectivity index (χ0) is 13.6. The van der Waals surface area contributed by atoms with Crippen LogP contribution in [0.3, 0.4) is 0 Å². The first-order chi connectivity index (χ1) is 8.44. The van der Waals surface area contributed by atoms with E-state index in [1.54, 1.807) is 4.90 Å². The van der Waals surface area contributed by atoms with Crippen molar-refractivity contribution in [2.24, 2.45) is 0 Å². The lowest BCUT2D eigenvalue weighted by molar-refractivity contribution is -0.112. The van der Waals surface area contributed by atoms with Gasteiger partial charge in [-0.3, -0.25) is 4.90 Å². The van der Waals surface area contributed by atoms with Gasteiger partial charge in [-0.1, -0.05) is 25.7 Å². The van der Waals surface area contributed by atoms with Gasteiger partial charge in [-0.2, -0.15) is 0 Å². The van der Waals surface area contributed by atoms with Gasteiger partial charge in [-0.15, -0.1) is 0 Å². The molecular formula is C14H25NO3. The molecule has 0 radical (unpaired) electrons. The SMILES string of the molecule is CC(C)(C)OC(=O)N1CCCCCCCC1C=O. The van der Waals surface area contributed by atoms with E-state index >= 15 is 0 Å². The number of carbonyl (C=O) groups is 2. The van der Waals surface area contributed by atoms with E-state index in [1.165, 1.54) is 6.42 Å². The van der Waals surface area contributed by atoms with E-state index in [-0.39, 0.29) is 12.1 Å². The molecule has 104 valence electrons. The predicted octanol–water partition coefficient (Wildman–Crippen LogP) is 3.15. The van der Waals surface area contributed by atoms with Crippen molar-refractivity contribution in [3.63, 3.8) is 0 Å². The van der Waals surface area contributed by atoms with Gasteiger partial charge < -0.3 is 9.53 Å². The van der Waals surface area contributed by atoms with Crippen LogP contribution in [0.1, 0.15) is 59.3 Å². The number of hydrogen-bond acceptors (Lipinski definition) is 3. The molecule has 0 aromatic carbocycles. The quantitative estimate of drug-likeness (QED) is 0.676. The van der Waals surface area contributed by atoms with Crippen molar-refractivity contribution >= 4 is 12.4 Å². The summed E-state index contributed by atoms with van der Waals surface area (Å²) in [6.07, 6.45) is 6.68. The van der Waals surface area contributed by atoms with Crippen LogP contribution in [0.2, 0.25) is 0 Å². The number of hydrogen-bond donors (Lipinski definition) is 0. The van der Waals surface area contributed by atoms with Gasteiger partial charge in [-0.25, -0.2) is 4.79 Å². The molecule has 1 saturated heterocycles. The summed E-state index contributed by atoms with van der Waals surface area (Å²) in [7, 11) is 0. The molecule has 1 rings (SSSR count). The Morgan fingerprint density at radius 1 is 1.17 bits per heavy atom. The Bertz CT molecular complexity index is 283. The summed E-state index contributed by atoms with van der Waals surface area (Å²) in [6.45, 7) is 6.16. The number of amides is 1. The van der Waals surface area contributed by atoms with Gasteiger partial charge in [-0.05, 0) is 33.6 Å². The Hall–Kier alpha value is -1.06. The lowest BCUT2D eigenvalue weighted by atomic mass is 10.1. The van der Waals surface area contributed by atoms with Crippen LogP contribution < -0.4 is 0 Å². The van der Waals surface area contributed by atoms with E-state index in [4.69, 9.17) is 4.74 Å². The van der Waals surface area contributed by atoms with Gasteiger partial charge in [0.05, 0.1) is 6.04 Å². The third-order valence-electron chi connectivity index (χ3n) is 3.08. The largest absolute Gasteiger partial charge is 0.444 e. The summed E-state index contributed by atoms with van der Waals surface area (Å²) in [5.41, 5.74) is -0.511. The number of nitrogens with zero attached hydrogens (tertiary/aromatic N) is 1. The fourth-order valence-electron chi connectivity index (χ4n) is 2.18. The maximum absolute atomic E-state index is 12.1. The van der Waals surface area contributed by atoms with E-state index in [2.05, 4.69) is 0 Å². The molecule has 1 amide bonds. The molecule has 0 spiro atoms. The van der Waals surface area contributed by atoms with E-state index in [0.717, 1.165) is 38.4 Å². The van der Waals surface area contributed by atoms with E-state index in [0.29, 0.717) is 6.54 Å². The minimum atomic E-state index is -0.511. The number of carbonyl (C=O) groups excluding carboxylic acids is 2. The number of aldehydes is 1. The van der Waals surface area contributed by atoms with Crippen molar-refractivity contribution in [1.29, 1.82) is 0 Å². The van der Waals surface area contributed by atoms with Crippen molar-refractivity contribution in [2.45, 2.75) is 70.9 Å². The smallest absolute Gasteiger partial charge is 0.410 e. The minimum absolute atomic E-state index is 0.321. The van der Waals surface area contributed by atoms with E-state index in [1.807, 2.05) is 20.8 Å². The first-order valence-corrected chi connectivity index (χ1v) is 6.89. The standard InChI is InChI=1S/C14H25NO3/c1-14(2,3)18-13(17)15-10-8-6-4-5-7-9-12(15)11-16/h11-12H,4-10H2,1-3H3. The number of rotatable bonds is 1. The fraction of sp³-hybridized carbons (Fsp3) is 0.857. The Balaban J connectivity index is 2.70. The van der Waals surface area contributed by atoms with Gasteiger partial charge in [0.2, 0.25) is 0 Å². The summed E-state index contributed by atoms with van der Waals surface area (Å²) < 4.78 is 5.37. The Morgan fingerprint density at radius 2 is 1.78 bits per heavy atom. The Morgan fingerprint density at radius 3 is 2.39 bits per heavy atom. The van der Waals surface area contributed by atoms with Gasteiger partial charge in [0.15, 0.2) is 0 Å². The van der Waals surface area contributed by atoms with Gasteiger partial charge >= 0.3 is 6.09 Å². The molecule has 4 heteroatoms. The predicted molar refractivity (Wildman–Crippen MR) is 70.5 cm³/mol. The lowest BCUT2D eigenvalue weighted by Crippen LogP contribution is -2.44. The van der Waals surface area contributed by atoms with Crippen molar-refractivity contribution in [1.82, 2.24) is 4.90 Å². The van der Waals surface area contributed by atoms with Crippen molar-refractivity contribution < 1.29 is 14.3 Å². The summed E-state index contributed by atoms with van der Waals surface area (Å²) in [6, 6.07) is -0.321. The highest BCUT2D eigenvalue weighted by Crippen LogP contribution is 2.18. The minimum Gasteiger partial charge on any atom is -0.444 e. The topological polar surface area (TPSA) is 46.6 Å². The molecule has 1 unspecified atom stereocenters. The Labute approximate surface area is 110 Å². The molecule has 1 atom stereocenters. The zero-order valence-electron chi connectivity index (χ0n) is 11.8. The molecule has 1 aliphatic rings. The summed E-state index contributed by atoms with van der Waals surface area (Å²) in [5.74, 6) is 0. The first kappa shape index (κ1) is 15.0. The average Bonchev–Trinajstić information content (AvgIpc) is 2.37. The normalized spacial score (nSPS) is 22.6. The maximum atomic E-state index is 12.1. The molecule has 0 N–H and O–H groups in total. The first-order valence-electron chi connectivity index (χ1n) is 6.89. The molecule has 1 fully saturated rings. The highest BCUT2D eigenvalue weighted by Gasteiger charge is 2.28. The summed E-state index contributed by atoms with van der Waals surface area (Å²) in [4.78, 5) is 24.9. The molecule has 4 nitrogen and oxygen atoms in total. The molecule has 1 aliphatic heterocycles. The average molecular weight is 255 g/mol. The van der Waals surface area contributed by atoms with Gasteiger partial charge in [0, 0.05) is 6.54 Å². The van der Waals surface area contributed by atoms with Crippen LogP contribution in [0.5, 0.6) is 0 Å². The van der Waals surface area contributed by atoms with Crippen molar-refractivity contribution in [3.8, 4) is 0 Å². The van der Waals surface area contributed by atoms with Crippen LogP contribution in [0, 0.1) is 0 Å². The summed E-state index contributed by atoms with van der Waals surface area (Å²) >= 11 is 0. The molecule has 0 aliphatic carbocycles. The molecule has 18 heavy (non-hydrogen) atoms. The molecule has 0 aromatic rings. The van der Waals surface area contributed by atoms with Crippen molar-refractivity contribution in [2.75, 3.05) is 6.54 Å². The van der Waals surface area contributed by atoms with Crippen LogP contribution >= 0.6 is 0 Å². The second-order valence-corrected chi connectivity index (χ2v) is 5.93. The lowest BCUT2D eigenvalue weighted by Gasteiger charge is -2.30. The Kier molecular flexibility index (Phi) is 5.63. The van der Waals surface area contributed by atoms with E-state index < -0.39 is 5.60 Å². The van der Waals surface area contributed by atoms with Crippen LogP contribution in [-0.2, 0) is 9.53 Å². The van der Waals surface area contributed by atoms with Crippen LogP contribution in [0.4, 0.5) is 4.79 Å². The monoisotopic (exact) mass is 255 g/mol. The molecule has 0 aromatic heterocycles. The third-order valence-corrected chi connectivity index (χ3v) is 3.08. The second-order valence-electron chi connectivity index (χ2n) is 5.93. The number of ether oxygens (including phenoxy) is 1. The highest BCUT2D eigenvalue weighted by atomic mass is 16.6. The molecular weight excluding hydrogens is 230 g/mol. The third kappa shape index (κ3) is 5.07. The van der Waals surface area contributed by atoms with Crippen molar-refractivity contribution in [3.05, 3.63) is 0 Å². The fourth-order valence-corrected chi connectivity index (χ4v) is 2.18.